The van der Waals surface area contributed by atoms with Crippen LogP contribution in [0.2, 0.25) is 0 Å². The third-order valence-corrected chi connectivity index (χ3v) is 2.91. The van der Waals surface area contributed by atoms with Crippen LogP contribution in [0.4, 0.5) is 10.6 Å². The SMILES string of the molecule is [B]c1cnc(N2CCN(C(=O)OC(C)(C)C)CC2)cn1. The summed E-state index contributed by atoms with van der Waals surface area (Å²) < 4.78 is 5.36. The molecule has 1 aliphatic rings. The fraction of sp³-hybridized carbons (Fsp3) is 0.615. The summed E-state index contributed by atoms with van der Waals surface area (Å²) in [6.45, 7) is 8.24. The normalized spacial score (nSPS) is 16.1. The molecule has 2 rings (SSSR count). The molecule has 0 spiro atoms. The van der Waals surface area contributed by atoms with Gasteiger partial charge < -0.3 is 14.5 Å². The Morgan fingerprint density at radius 1 is 1.20 bits per heavy atom. The molecule has 0 bridgehead atoms. The largest absolute Gasteiger partial charge is 0.444 e. The van der Waals surface area contributed by atoms with Crippen LogP contribution in [0, 0.1) is 0 Å². The molecule has 1 aromatic rings. The Bertz CT molecular complexity index is 464. The van der Waals surface area contributed by atoms with Crippen LogP contribution in [0.3, 0.4) is 0 Å². The summed E-state index contributed by atoms with van der Waals surface area (Å²) in [5.74, 6) is 0.781. The maximum Gasteiger partial charge on any atom is 0.410 e. The second-order valence-electron chi connectivity index (χ2n) is 5.75. The maximum atomic E-state index is 11.9. The van der Waals surface area contributed by atoms with E-state index in [0.29, 0.717) is 31.8 Å². The van der Waals surface area contributed by atoms with Crippen molar-refractivity contribution in [3.8, 4) is 0 Å². The number of carbonyl (C=O) groups is 1. The second kappa shape index (κ2) is 5.69. The van der Waals surface area contributed by atoms with E-state index in [4.69, 9.17) is 12.6 Å². The van der Waals surface area contributed by atoms with Gasteiger partial charge in [0.15, 0.2) is 0 Å². The number of anilines is 1. The minimum Gasteiger partial charge on any atom is -0.444 e. The lowest BCUT2D eigenvalue weighted by atomic mass is 10.1. The fourth-order valence-electron chi connectivity index (χ4n) is 1.94. The number of hydrogen-bond acceptors (Lipinski definition) is 5. The highest BCUT2D eigenvalue weighted by Gasteiger charge is 2.26. The number of hydrogen-bond donors (Lipinski definition) is 0. The van der Waals surface area contributed by atoms with Gasteiger partial charge in [0.25, 0.3) is 0 Å². The minimum atomic E-state index is -0.462. The van der Waals surface area contributed by atoms with E-state index in [1.807, 2.05) is 20.8 Å². The Morgan fingerprint density at radius 3 is 2.35 bits per heavy atom. The molecule has 20 heavy (non-hydrogen) atoms. The fourth-order valence-corrected chi connectivity index (χ4v) is 1.94. The van der Waals surface area contributed by atoms with Gasteiger partial charge in [-0.3, -0.25) is 4.98 Å². The summed E-state index contributed by atoms with van der Waals surface area (Å²) in [6.07, 6.45) is 2.93. The molecule has 2 radical (unpaired) electrons. The van der Waals surface area contributed by atoms with E-state index >= 15 is 0 Å². The molecule has 1 aromatic heterocycles. The quantitative estimate of drug-likeness (QED) is 0.691. The first-order chi connectivity index (χ1) is 9.35. The molecule has 0 aromatic carbocycles. The molecule has 0 N–H and O–H groups in total. The van der Waals surface area contributed by atoms with E-state index in [2.05, 4.69) is 14.9 Å². The van der Waals surface area contributed by atoms with E-state index in [-0.39, 0.29) is 6.09 Å². The molecule has 1 saturated heterocycles. The van der Waals surface area contributed by atoms with Crippen molar-refractivity contribution in [3.05, 3.63) is 12.4 Å². The van der Waals surface area contributed by atoms with Gasteiger partial charge in [0.1, 0.15) is 19.3 Å². The Kier molecular flexibility index (Phi) is 4.16. The van der Waals surface area contributed by atoms with Crippen LogP contribution in [0.15, 0.2) is 12.4 Å². The van der Waals surface area contributed by atoms with E-state index in [1.54, 1.807) is 11.1 Å². The third kappa shape index (κ3) is 3.85. The molecule has 0 aliphatic carbocycles. The molecule has 106 valence electrons. The van der Waals surface area contributed by atoms with Gasteiger partial charge in [0.2, 0.25) is 0 Å². The van der Waals surface area contributed by atoms with Gasteiger partial charge >= 0.3 is 6.09 Å². The highest BCUT2D eigenvalue weighted by Crippen LogP contribution is 2.14. The predicted molar refractivity (Wildman–Crippen MR) is 77.4 cm³/mol. The van der Waals surface area contributed by atoms with Crippen LogP contribution >= 0.6 is 0 Å². The smallest absolute Gasteiger partial charge is 0.410 e. The van der Waals surface area contributed by atoms with Gasteiger partial charge in [0.05, 0.1) is 6.20 Å². The Balaban J connectivity index is 1.89. The first-order valence-electron chi connectivity index (χ1n) is 6.65. The van der Waals surface area contributed by atoms with Gasteiger partial charge in [-0.1, -0.05) is 0 Å². The van der Waals surface area contributed by atoms with Gasteiger partial charge in [-0.25, -0.2) is 9.78 Å². The number of amides is 1. The first kappa shape index (κ1) is 14.6. The highest BCUT2D eigenvalue weighted by molar-refractivity contribution is 6.30. The van der Waals surface area contributed by atoms with Crippen molar-refractivity contribution >= 4 is 25.4 Å². The van der Waals surface area contributed by atoms with E-state index in [1.165, 1.54) is 6.20 Å². The lowest BCUT2D eigenvalue weighted by Gasteiger charge is -2.36. The Morgan fingerprint density at radius 2 is 1.85 bits per heavy atom. The average Bonchev–Trinajstić information content (AvgIpc) is 2.38. The number of carbonyl (C=O) groups excluding carboxylic acids is 1. The van der Waals surface area contributed by atoms with Crippen molar-refractivity contribution in [2.24, 2.45) is 0 Å². The van der Waals surface area contributed by atoms with Crippen LogP contribution in [0.5, 0.6) is 0 Å². The summed E-state index contributed by atoms with van der Waals surface area (Å²) in [4.78, 5) is 24.0. The number of piperazine rings is 1. The van der Waals surface area contributed by atoms with Crippen LogP contribution in [0.25, 0.3) is 0 Å². The van der Waals surface area contributed by atoms with Crippen LogP contribution in [0.1, 0.15) is 20.8 Å². The molecule has 1 aliphatic heterocycles. The van der Waals surface area contributed by atoms with Crippen molar-refractivity contribution in [3.63, 3.8) is 0 Å². The molecule has 6 nitrogen and oxygen atoms in total. The summed E-state index contributed by atoms with van der Waals surface area (Å²) in [7, 11) is 5.52. The monoisotopic (exact) mass is 274 g/mol. The van der Waals surface area contributed by atoms with Crippen molar-refractivity contribution in [2.45, 2.75) is 26.4 Å². The number of ether oxygens (including phenoxy) is 1. The molecule has 0 saturated carbocycles. The van der Waals surface area contributed by atoms with Crippen LogP contribution in [-0.4, -0.2) is 60.6 Å². The average molecular weight is 274 g/mol. The molecular formula is C13H19BN4O2. The summed E-state index contributed by atoms with van der Waals surface area (Å²) >= 11 is 0. The van der Waals surface area contributed by atoms with Crippen LogP contribution in [-0.2, 0) is 4.74 Å². The topological polar surface area (TPSA) is 58.6 Å². The minimum absolute atomic E-state index is 0.263. The zero-order valence-electron chi connectivity index (χ0n) is 12.2. The summed E-state index contributed by atoms with van der Waals surface area (Å²) in [6, 6.07) is 0. The number of rotatable bonds is 1. The number of nitrogens with zero attached hydrogens (tertiary/aromatic N) is 4. The van der Waals surface area contributed by atoms with E-state index < -0.39 is 5.60 Å². The van der Waals surface area contributed by atoms with Crippen molar-refractivity contribution < 1.29 is 9.53 Å². The van der Waals surface area contributed by atoms with Crippen LogP contribution < -0.4 is 10.5 Å². The Labute approximate surface area is 120 Å². The van der Waals surface area contributed by atoms with Gasteiger partial charge in [-0.05, 0) is 20.8 Å². The standard InChI is InChI=1S/C13H19BN4O2/c1-13(2,3)20-12(19)18-6-4-17(5-7-18)11-9-15-10(14)8-16-11/h8-9H,4-7H2,1-3H3. The zero-order valence-corrected chi connectivity index (χ0v) is 12.2. The van der Waals surface area contributed by atoms with Gasteiger partial charge in [0, 0.05) is 38.0 Å². The lowest BCUT2D eigenvalue weighted by Crippen LogP contribution is -2.50. The molecule has 1 fully saturated rings. The van der Waals surface area contributed by atoms with Gasteiger partial charge in [-0.2, -0.15) is 0 Å². The third-order valence-electron chi connectivity index (χ3n) is 2.91. The van der Waals surface area contributed by atoms with Crippen molar-refractivity contribution in [1.82, 2.24) is 14.9 Å². The maximum absolute atomic E-state index is 11.9. The molecule has 0 unspecified atom stereocenters. The molecular weight excluding hydrogens is 255 g/mol. The summed E-state index contributed by atoms with van der Waals surface area (Å²) in [5, 5.41) is 0. The highest BCUT2D eigenvalue weighted by atomic mass is 16.6. The zero-order chi connectivity index (χ0) is 14.8. The van der Waals surface area contributed by atoms with Gasteiger partial charge in [-0.15, -0.1) is 0 Å². The molecule has 1 amide bonds. The van der Waals surface area contributed by atoms with Crippen molar-refractivity contribution in [1.29, 1.82) is 0 Å². The summed E-state index contributed by atoms with van der Waals surface area (Å²) in [5.41, 5.74) is -0.0578. The molecule has 0 atom stereocenters. The number of aromatic nitrogens is 2. The lowest BCUT2D eigenvalue weighted by molar-refractivity contribution is 0.0240. The predicted octanol–water partition coefficient (Wildman–Crippen LogP) is 0.327. The first-order valence-corrected chi connectivity index (χ1v) is 6.65. The van der Waals surface area contributed by atoms with Crippen molar-refractivity contribution in [2.75, 3.05) is 31.1 Å². The van der Waals surface area contributed by atoms with E-state index in [0.717, 1.165) is 5.82 Å². The Hall–Kier alpha value is -1.79. The van der Waals surface area contributed by atoms with E-state index in [9.17, 15) is 4.79 Å². The molecule has 2 heterocycles. The second-order valence-corrected chi connectivity index (χ2v) is 5.75. The molecule has 7 heteroatoms.